The van der Waals surface area contributed by atoms with Crippen LogP contribution in [-0.4, -0.2) is 26.3 Å². The molecular formula is C33H34N4O4. The Morgan fingerprint density at radius 1 is 0.927 bits per heavy atom. The van der Waals surface area contributed by atoms with Gasteiger partial charge in [0.15, 0.2) is 0 Å². The predicted molar refractivity (Wildman–Crippen MR) is 159 cm³/mol. The Morgan fingerprint density at radius 3 is 2.17 bits per heavy atom. The number of aryl methyl sites for hydroxylation is 2. The lowest BCUT2D eigenvalue weighted by Crippen LogP contribution is -2.48. The first-order valence-electron chi connectivity index (χ1n) is 14.5. The minimum atomic E-state index is -0.771. The molecule has 2 aromatic carbocycles. The third kappa shape index (κ3) is 4.11. The third-order valence-corrected chi connectivity index (χ3v) is 9.83. The van der Waals surface area contributed by atoms with Gasteiger partial charge in [-0.05, 0) is 118 Å². The number of hydrogen-bond donors (Lipinski definition) is 2. The zero-order valence-corrected chi connectivity index (χ0v) is 23.6. The number of hydrazone groups is 1. The van der Waals surface area contributed by atoms with Crippen LogP contribution >= 0.6 is 0 Å². The molecule has 3 aromatic rings. The Labute approximate surface area is 238 Å². The summed E-state index contributed by atoms with van der Waals surface area (Å²) in [4.78, 5) is 41.5. The Kier molecular flexibility index (Phi) is 5.75. The average Bonchev–Trinajstić information content (AvgIpc) is 3.18. The molecule has 8 heteroatoms. The maximum atomic E-state index is 13.4. The maximum Gasteiger partial charge on any atom is 0.335 e. The first-order valence-corrected chi connectivity index (χ1v) is 14.5. The highest BCUT2D eigenvalue weighted by molar-refractivity contribution is 6.32. The van der Waals surface area contributed by atoms with E-state index in [0.717, 1.165) is 33.4 Å². The van der Waals surface area contributed by atoms with Crippen molar-refractivity contribution in [3.05, 3.63) is 91.1 Å². The molecule has 0 radical (unpaired) electrons. The fraction of sp³-hybridized carbons (Fsp3) is 0.394. The van der Waals surface area contributed by atoms with Crippen molar-refractivity contribution in [2.24, 2.45) is 22.9 Å². The number of H-pyrrole nitrogens is 1. The summed E-state index contributed by atoms with van der Waals surface area (Å²) in [6.45, 7) is 5.56. The van der Waals surface area contributed by atoms with Gasteiger partial charge in [-0.2, -0.15) is 10.1 Å². The molecule has 4 bridgehead atoms. The van der Waals surface area contributed by atoms with Gasteiger partial charge in [-0.15, -0.1) is 0 Å². The molecule has 0 spiro atoms. The normalized spacial score (nSPS) is 27.6. The van der Waals surface area contributed by atoms with Crippen LogP contribution in [0.1, 0.15) is 67.7 Å². The molecule has 2 N–H and O–H groups in total. The van der Waals surface area contributed by atoms with Crippen LogP contribution in [0.2, 0.25) is 0 Å². The van der Waals surface area contributed by atoms with Crippen LogP contribution in [0.3, 0.4) is 0 Å². The molecule has 0 unspecified atom stereocenters. The topological polar surface area (TPSA) is 108 Å². The molecule has 1 amide bonds. The molecule has 0 atom stereocenters. The molecule has 5 aliphatic rings. The number of amides is 1. The lowest BCUT2D eigenvalue weighted by Gasteiger charge is -2.57. The summed E-state index contributed by atoms with van der Waals surface area (Å²) in [5.74, 6) is 1.53. The van der Waals surface area contributed by atoms with Gasteiger partial charge in [-0.25, -0.2) is 9.36 Å². The van der Waals surface area contributed by atoms with Gasteiger partial charge in [0.1, 0.15) is 5.56 Å². The second-order valence-electron chi connectivity index (χ2n) is 12.7. The summed E-state index contributed by atoms with van der Waals surface area (Å²) in [6, 6.07) is 13.6. The van der Waals surface area contributed by atoms with Gasteiger partial charge >= 0.3 is 5.69 Å². The van der Waals surface area contributed by atoms with Crippen LogP contribution in [0, 0.1) is 31.6 Å². The molecular weight excluding hydrogens is 516 g/mol. The minimum absolute atomic E-state index is 0.171. The van der Waals surface area contributed by atoms with Gasteiger partial charge in [-0.3, -0.25) is 14.6 Å². The highest BCUT2D eigenvalue weighted by Gasteiger charge is 2.51. The Morgan fingerprint density at radius 2 is 1.56 bits per heavy atom. The van der Waals surface area contributed by atoms with Crippen molar-refractivity contribution in [2.75, 3.05) is 5.01 Å². The second-order valence-corrected chi connectivity index (χ2v) is 12.7. The average molecular weight is 551 g/mol. The molecule has 41 heavy (non-hydrogen) atoms. The van der Waals surface area contributed by atoms with Crippen LogP contribution in [0.5, 0.6) is 5.88 Å². The fourth-order valence-electron chi connectivity index (χ4n) is 8.37. The van der Waals surface area contributed by atoms with E-state index in [0.29, 0.717) is 17.1 Å². The highest BCUT2D eigenvalue weighted by atomic mass is 16.3. The number of rotatable bonds is 4. The van der Waals surface area contributed by atoms with Gasteiger partial charge in [0, 0.05) is 0 Å². The molecule has 1 aliphatic heterocycles. The van der Waals surface area contributed by atoms with E-state index in [1.807, 2.05) is 44.2 Å². The number of hydrogen-bond acceptors (Lipinski definition) is 5. The number of nitrogens with zero attached hydrogens (tertiary/aromatic N) is 3. The fourth-order valence-corrected chi connectivity index (χ4v) is 8.37. The van der Waals surface area contributed by atoms with Gasteiger partial charge < -0.3 is 5.11 Å². The molecule has 8 nitrogen and oxygen atoms in total. The van der Waals surface area contributed by atoms with Crippen molar-refractivity contribution in [1.29, 1.82) is 0 Å². The summed E-state index contributed by atoms with van der Waals surface area (Å²) in [5, 5.41) is 17.0. The Bertz CT molecular complexity index is 1740. The van der Waals surface area contributed by atoms with Crippen molar-refractivity contribution in [3.8, 4) is 11.6 Å². The van der Waals surface area contributed by atoms with E-state index < -0.39 is 23.0 Å². The second kappa shape index (κ2) is 9.16. The van der Waals surface area contributed by atoms with E-state index in [2.05, 4.69) is 22.2 Å². The van der Waals surface area contributed by atoms with E-state index in [-0.39, 0.29) is 16.6 Å². The van der Waals surface area contributed by atoms with Crippen LogP contribution in [0.25, 0.3) is 11.8 Å². The lowest BCUT2D eigenvalue weighted by atomic mass is 9.48. The SMILES string of the molecule is CC1=NN(c2ccc(C)cc2C)C(=O)/C1=C/c1c(O)n(-c2ccc(C34CC5CC(CC(C5)C3)C4)cc2)c(=O)[nH]c1=O. The van der Waals surface area contributed by atoms with Crippen LogP contribution < -0.4 is 16.3 Å². The molecule has 2 heterocycles. The number of nitrogens with one attached hydrogen (secondary N) is 1. The monoisotopic (exact) mass is 550 g/mol. The largest absolute Gasteiger partial charge is 0.494 e. The number of carbonyl (C=O) groups is 1. The first kappa shape index (κ1) is 25.7. The predicted octanol–water partition coefficient (Wildman–Crippen LogP) is 5.12. The number of carbonyl (C=O) groups excluding carboxylic acids is 1. The van der Waals surface area contributed by atoms with E-state index in [1.165, 1.54) is 55.2 Å². The van der Waals surface area contributed by atoms with E-state index in [9.17, 15) is 19.5 Å². The van der Waals surface area contributed by atoms with Crippen LogP contribution in [0.15, 0.2) is 62.7 Å². The molecule has 0 saturated heterocycles. The number of aromatic nitrogens is 2. The standard InChI is InChI=1S/C33H34N4O4/c1-18-4-9-28(19(2)10-18)37-31(40)26(20(3)35-37)14-27-29(38)34-32(41)36(30(27)39)25-7-5-24(6-8-25)33-15-21-11-22(16-33)13-23(12-21)17-33/h4-10,14,21-23,39H,11-13,15-17H2,1-3H3,(H,34,38,41)/b26-14+. The van der Waals surface area contributed by atoms with Gasteiger partial charge in [0.05, 0.1) is 22.7 Å². The number of benzene rings is 2. The van der Waals surface area contributed by atoms with Crippen molar-refractivity contribution in [1.82, 2.24) is 9.55 Å². The lowest BCUT2D eigenvalue weighted by molar-refractivity contribution is -0.114. The number of anilines is 1. The number of aromatic hydroxyl groups is 1. The zero-order chi connectivity index (χ0) is 28.6. The number of aromatic amines is 1. The third-order valence-electron chi connectivity index (χ3n) is 9.83. The first-order chi connectivity index (χ1) is 19.6. The smallest absolute Gasteiger partial charge is 0.335 e. The van der Waals surface area contributed by atoms with Crippen molar-refractivity contribution < 1.29 is 9.90 Å². The van der Waals surface area contributed by atoms with Crippen molar-refractivity contribution in [3.63, 3.8) is 0 Å². The van der Waals surface area contributed by atoms with Gasteiger partial charge in [-0.1, -0.05) is 29.8 Å². The molecule has 4 saturated carbocycles. The highest BCUT2D eigenvalue weighted by Crippen LogP contribution is 2.60. The van der Waals surface area contributed by atoms with E-state index in [4.69, 9.17) is 0 Å². The van der Waals surface area contributed by atoms with E-state index in [1.54, 1.807) is 6.92 Å². The zero-order valence-electron chi connectivity index (χ0n) is 23.6. The van der Waals surface area contributed by atoms with Gasteiger partial charge in [0.25, 0.3) is 11.5 Å². The van der Waals surface area contributed by atoms with Gasteiger partial charge in [0.2, 0.25) is 5.88 Å². The molecule has 8 rings (SSSR count). The molecule has 4 aliphatic carbocycles. The quantitative estimate of drug-likeness (QED) is 0.440. The maximum absolute atomic E-state index is 13.4. The summed E-state index contributed by atoms with van der Waals surface area (Å²) >= 11 is 0. The Balaban J connectivity index is 1.23. The summed E-state index contributed by atoms with van der Waals surface area (Å²) in [6.07, 6.45) is 9.11. The van der Waals surface area contributed by atoms with E-state index >= 15 is 0 Å². The summed E-state index contributed by atoms with van der Waals surface area (Å²) < 4.78 is 1.09. The van der Waals surface area contributed by atoms with Crippen LogP contribution in [-0.2, 0) is 10.2 Å². The summed E-state index contributed by atoms with van der Waals surface area (Å²) in [7, 11) is 0. The van der Waals surface area contributed by atoms with Crippen molar-refractivity contribution in [2.45, 2.75) is 64.7 Å². The van der Waals surface area contributed by atoms with Crippen molar-refractivity contribution >= 4 is 23.4 Å². The minimum Gasteiger partial charge on any atom is -0.494 e. The Hall–Kier alpha value is -4.20. The molecule has 210 valence electrons. The molecule has 1 aromatic heterocycles. The summed E-state index contributed by atoms with van der Waals surface area (Å²) in [5.41, 5.74) is 3.47. The molecule has 4 fully saturated rings. The van der Waals surface area contributed by atoms with Crippen LogP contribution in [0.4, 0.5) is 5.69 Å².